The largest absolute Gasteiger partial charge is 0.383 e. The molecule has 4 nitrogen and oxygen atoms in total. The highest BCUT2D eigenvalue weighted by molar-refractivity contribution is 5.09. The van der Waals surface area contributed by atoms with Crippen molar-refractivity contribution in [1.29, 1.82) is 0 Å². The van der Waals surface area contributed by atoms with Gasteiger partial charge in [-0.25, -0.2) is 0 Å². The molecule has 1 aromatic heterocycles. The highest BCUT2D eigenvalue weighted by Gasteiger charge is 2.10. The molecule has 84 valence electrons. The van der Waals surface area contributed by atoms with Gasteiger partial charge in [-0.3, -0.25) is 9.97 Å². The molecule has 1 unspecified atom stereocenters. The Hall–Kier alpha value is -1.00. The number of aromatic nitrogens is 2. The Labute approximate surface area is 91.1 Å². The van der Waals surface area contributed by atoms with Gasteiger partial charge in [0.1, 0.15) is 0 Å². The molecular weight excluding hydrogens is 190 g/mol. The summed E-state index contributed by atoms with van der Waals surface area (Å²) in [4.78, 5) is 8.55. The third-order valence-electron chi connectivity index (χ3n) is 2.28. The highest BCUT2D eigenvalue weighted by Crippen LogP contribution is 2.03. The number of hydrogen-bond donors (Lipinski definition) is 1. The summed E-state index contributed by atoms with van der Waals surface area (Å²) < 4.78 is 5.16. The van der Waals surface area contributed by atoms with Gasteiger partial charge in [0.05, 0.1) is 18.0 Å². The molecule has 1 rings (SSSR count). The van der Waals surface area contributed by atoms with E-state index in [-0.39, 0.29) is 0 Å². The summed E-state index contributed by atoms with van der Waals surface area (Å²) in [6, 6.07) is 0.315. The molecule has 0 aliphatic rings. The van der Waals surface area contributed by atoms with Crippen LogP contribution in [0.3, 0.4) is 0 Å². The van der Waals surface area contributed by atoms with Gasteiger partial charge in [-0.05, 0) is 13.5 Å². The summed E-state index contributed by atoms with van der Waals surface area (Å²) in [5, 5.41) is 3.37. The SMILES string of the molecule is CCNC(COC)Cc1nccnc1C. The topological polar surface area (TPSA) is 47.0 Å². The number of ether oxygens (including phenoxy) is 1. The minimum Gasteiger partial charge on any atom is -0.383 e. The molecule has 0 bridgehead atoms. The van der Waals surface area contributed by atoms with Crippen molar-refractivity contribution in [2.45, 2.75) is 26.3 Å². The molecule has 0 aliphatic heterocycles. The van der Waals surface area contributed by atoms with E-state index >= 15 is 0 Å². The fourth-order valence-corrected chi connectivity index (χ4v) is 1.55. The van der Waals surface area contributed by atoms with E-state index < -0.39 is 0 Å². The van der Waals surface area contributed by atoms with Gasteiger partial charge in [-0.15, -0.1) is 0 Å². The van der Waals surface area contributed by atoms with Crippen LogP contribution in [0.4, 0.5) is 0 Å². The third kappa shape index (κ3) is 3.93. The second-order valence-electron chi connectivity index (χ2n) is 3.50. The molecule has 0 amide bonds. The monoisotopic (exact) mass is 209 g/mol. The summed E-state index contributed by atoms with van der Waals surface area (Å²) in [5.74, 6) is 0. The fourth-order valence-electron chi connectivity index (χ4n) is 1.55. The van der Waals surface area contributed by atoms with Crippen molar-refractivity contribution in [2.24, 2.45) is 0 Å². The molecule has 1 heterocycles. The summed E-state index contributed by atoms with van der Waals surface area (Å²) in [5.41, 5.74) is 2.04. The Morgan fingerprint density at radius 3 is 2.73 bits per heavy atom. The Bertz CT molecular complexity index is 285. The minimum absolute atomic E-state index is 0.315. The minimum atomic E-state index is 0.315. The average molecular weight is 209 g/mol. The van der Waals surface area contributed by atoms with E-state index in [0.717, 1.165) is 24.4 Å². The van der Waals surface area contributed by atoms with Crippen molar-refractivity contribution >= 4 is 0 Å². The van der Waals surface area contributed by atoms with Crippen molar-refractivity contribution in [2.75, 3.05) is 20.3 Å². The zero-order valence-electron chi connectivity index (χ0n) is 9.66. The van der Waals surface area contributed by atoms with Crippen LogP contribution in [-0.2, 0) is 11.2 Å². The first-order valence-corrected chi connectivity index (χ1v) is 5.26. The van der Waals surface area contributed by atoms with Crippen LogP contribution in [-0.4, -0.2) is 36.3 Å². The Morgan fingerprint density at radius 1 is 1.40 bits per heavy atom. The van der Waals surface area contributed by atoms with Gasteiger partial charge in [0.15, 0.2) is 0 Å². The highest BCUT2D eigenvalue weighted by atomic mass is 16.5. The zero-order valence-corrected chi connectivity index (χ0v) is 9.66. The molecule has 0 saturated heterocycles. The summed E-state index contributed by atoms with van der Waals surface area (Å²) in [6.45, 7) is 5.71. The Balaban J connectivity index is 2.60. The van der Waals surface area contributed by atoms with Crippen LogP contribution in [0.25, 0.3) is 0 Å². The lowest BCUT2D eigenvalue weighted by atomic mass is 10.1. The van der Waals surface area contributed by atoms with E-state index in [4.69, 9.17) is 4.74 Å². The molecule has 1 aromatic rings. The fraction of sp³-hybridized carbons (Fsp3) is 0.636. The van der Waals surface area contributed by atoms with Crippen molar-refractivity contribution in [3.05, 3.63) is 23.8 Å². The van der Waals surface area contributed by atoms with Crippen LogP contribution in [0.2, 0.25) is 0 Å². The lowest BCUT2D eigenvalue weighted by Gasteiger charge is -2.16. The summed E-state index contributed by atoms with van der Waals surface area (Å²) >= 11 is 0. The van der Waals surface area contributed by atoms with E-state index in [9.17, 15) is 0 Å². The van der Waals surface area contributed by atoms with Gasteiger partial charge >= 0.3 is 0 Å². The predicted octanol–water partition coefficient (Wildman–Crippen LogP) is 0.952. The van der Waals surface area contributed by atoms with Crippen LogP contribution in [0.15, 0.2) is 12.4 Å². The number of nitrogens with one attached hydrogen (secondary N) is 1. The van der Waals surface area contributed by atoms with Crippen LogP contribution in [0.1, 0.15) is 18.3 Å². The Kier molecular flexibility index (Phi) is 5.21. The first-order valence-electron chi connectivity index (χ1n) is 5.26. The third-order valence-corrected chi connectivity index (χ3v) is 2.28. The molecule has 15 heavy (non-hydrogen) atoms. The number of likely N-dealkylation sites (N-methyl/N-ethyl adjacent to an activating group) is 1. The smallest absolute Gasteiger partial charge is 0.0632 e. The van der Waals surface area contributed by atoms with Crippen molar-refractivity contribution < 1.29 is 4.74 Å². The number of methoxy groups -OCH3 is 1. The van der Waals surface area contributed by atoms with E-state index in [1.165, 1.54) is 0 Å². The lowest BCUT2D eigenvalue weighted by molar-refractivity contribution is 0.166. The van der Waals surface area contributed by atoms with E-state index in [1.807, 2.05) is 6.92 Å². The zero-order chi connectivity index (χ0) is 11.1. The second-order valence-corrected chi connectivity index (χ2v) is 3.50. The molecule has 0 radical (unpaired) electrons. The molecule has 0 fully saturated rings. The Morgan fingerprint density at radius 2 is 2.13 bits per heavy atom. The van der Waals surface area contributed by atoms with Crippen LogP contribution in [0, 0.1) is 6.92 Å². The second kappa shape index (κ2) is 6.48. The molecule has 1 atom stereocenters. The molecule has 0 aliphatic carbocycles. The molecule has 0 saturated carbocycles. The van der Waals surface area contributed by atoms with Gasteiger partial charge < -0.3 is 10.1 Å². The molecule has 1 N–H and O–H groups in total. The number of aryl methyl sites for hydroxylation is 1. The maximum absolute atomic E-state index is 5.16. The van der Waals surface area contributed by atoms with Crippen molar-refractivity contribution in [3.8, 4) is 0 Å². The number of nitrogens with zero attached hydrogens (tertiary/aromatic N) is 2. The van der Waals surface area contributed by atoms with Crippen molar-refractivity contribution in [3.63, 3.8) is 0 Å². The maximum Gasteiger partial charge on any atom is 0.0632 e. The molecule has 0 aromatic carbocycles. The van der Waals surface area contributed by atoms with Gasteiger partial charge in [-0.2, -0.15) is 0 Å². The summed E-state index contributed by atoms with van der Waals surface area (Å²) in [6.07, 6.45) is 4.32. The van der Waals surface area contributed by atoms with Crippen molar-refractivity contribution in [1.82, 2.24) is 15.3 Å². The standard InChI is InChI=1S/C11H19N3O/c1-4-12-10(8-15-3)7-11-9(2)13-5-6-14-11/h5-6,10,12H,4,7-8H2,1-3H3. The quantitative estimate of drug-likeness (QED) is 0.758. The lowest BCUT2D eigenvalue weighted by Crippen LogP contribution is -2.35. The number of hydrogen-bond acceptors (Lipinski definition) is 4. The van der Waals surface area contributed by atoms with Gasteiger partial charge in [-0.1, -0.05) is 6.92 Å². The first kappa shape index (κ1) is 12.1. The average Bonchev–Trinajstić information content (AvgIpc) is 2.22. The maximum atomic E-state index is 5.16. The van der Waals surface area contributed by atoms with Gasteiger partial charge in [0.25, 0.3) is 0 Å². The number of rotatable bonds is 6. The van der Waals surface area contributed by atoms with E-state index in [0.29, 0.717) is 12.6 Å². The normalized spacial score (nSPS) is 12.7. The van der Waals surface area contributed by atoms with Crippen LogP contribution < -0.4 is 5.32 Å². The first-order chi connectivity index (χ1) is 7.27. The van der Waals surface area contributed by atoms with Crippen LogP contribution >= 0.6 is 0 Å². The van der Waals surface area contributed by atoms with E-state index in [2.05, 4.69) is 22.2 Å². The van der Waals surface area contributed by atoms with Gasteiger partial charge in [0.2, 0.25) is 0 Å². The molecule has 0 spiro atoms. The van der Waals surface area contributed by atoms with E-state index in [1.54, 1.807) is 19.5 Å². The predicted molar refractivity (Wildman–Crippen MR) is 59.8 cm³/mol. The summed E-state index contributed by atoms with van der Waals surface area (Å²) in [7, 11) is 1.72. The molecule has 4 heteroatoms. The van der Waals surface area contributed by atoms with Gasteiger partial charge in [0, 0.05) is 32.0 Å². The molecular formula is C11H19N3O. The van der Waals surface area contributed by atoms with Crippen LogP contribution in [0.5, 0.6) is 0 Å².